The van der Waals surface area contributed by atoms with E-state index >= 15 is 0 Å². The molecule has 1 unspecified atom stereocenters. The molecule has 2 aromatic rings. The van der Waals surface area contributed by atoms with E-state index < -0.39 is 30.5 Å². The monoisotopic (exact) mass is 376 g/mol. The molecular formula is C16H14F6N4. The molecule has 1 fully saturated rings. The van der Waals surface area contributed by atoms with E-state index in [1.807, 2.05) is 0 Å². The van der Waals surface area contributed by atoms with Gasteiger partial charge in [-0.05, 0) is 24.3 Å². The van der Waals surface area contributed by atoms with Crippen LogP contribution in [0.3, 0.4) is 0 Å². The summed E-state index contributed by atoms with van der Waals surface area (Å²) < 4.78 is 78.4. The zero-order valence-corrected chi connectivity index (χ0v) is 13.3. The van der Waals surface area contributed by atoms with Gasteiger partial charge in [-0.25, -0.2) is 9.97 Å². The summed E-state index contributed by atoms with van der Waals surface area (Å²) in [5.41, 5.74) is -0.944. The van der Waals surface area contributed by atoms with Gasteiger partial charge in [0.15, 0.2) is 0 Å². The van der Waals surface area contributed by atoms with Crippen molar-refractivity contribution < 1.29 is 26.3 Å². The van der Waals surface area contributed by atoms with Gasteiger partial charge in [0, 0.05) is 32.0 Å². The van der Waals surface area contributed by atoms with E-state index in [-0.39, 0.29) is 24.7 Å². The number of aromatic nitrogens is 2. The molecule has 0 bridgehead atoms. The third-order valence-corrected chi connectivity index (χ3v) is 4.10. The summed E-state index contributed by atoms with van der Waals surface area (Å²) in [4.78, 5) is 10.1. The Labute approximate surface area is 145 Å². The molecule has 1 saturated heterocycles. The van der Waals surface area contributed by atoms with Gasteiger partial charge in [-0.15, -0.1) is 0 Å². The Kier molecular flexibility index (Phi) is 4.68. The average Bonchev–Trinajstić information content (AvgIpc) is 2.61. The van der Waals surface area contributed by atoms with Gasteiger partial charge in [0.1, 0.15) is 17.7 Å². The molecule has 0 saturated carbocycles. The van der Waals surface area contributed by atoms with Crippen LogP contribution < -0.4 is 9.80 Å². The van der Waals surface area contributed by atoms with E-state index in [1.165, 1.54) is 17.2 Å². The molecule has 0 amide bonds. The lowest BCUT2D eigenvalue weighted by molar-refractivity contribution is -0.148. The van der Waals surface area contributed by atoms with Crippen LogP contribution in [0.2, 0.25) is 0 Å². The number of hydrogen-bond acceptors (Lipinski definition) is 4. The highest BCUT2D eigenvalue weighted by atomic mass is 19.4. The van der Waals surface area contributed by atoms with E-state index in [4.69, 9.17) is 0 Å². The minimum Gasteiger partial charge on any atom is -0.352 e. The fourth-order valence-electron chi connectivity index (χ4n) is 2.81. The van der Waals surface area contributed by atoms with E-state index in [2.05, 4.69) is 9.97 Å². The number of halogens is 6. The third-order valence-electron chi connectivity index (χ3n) is 4.10. The van der Waals surface area contributed by atoms with Crippen LogP contribution in [0.5, 0.6) is 0 Å². The maximum atomic E-state index is 13.5. The summed E-state index contributed by atoms with van der Waals surface area (Å²) in [6, 6.07) is 4.76. The fourth-order valence-corrected chi connectivity index (χ4v) is 2.81. The SMILES string of the molecule is FC(F)(F)c1ccc(N2CCN(c3ccccn3)C(C(F)(F)F)C2)nc1. The predicted octanol–water partition coefficient (Wildman–Crippen LogP) is 3.75. The Morgan fingerprint density at radius 3 is 2.19 bits per heavy atom. The number of hydrogen-bond donors (Lipinski definition) is 0. The van der Waals surface area contributed by atoms with Crippen LogP contribution in [0.15, 0.2) is 42.7 Å². The van der Waals surface area contributed by atoms with E-state index in [0.717, 1.165) is 17.0 Å². The lowest BCUT2D eigenvalue weighted by Gasteiger charge is -2.43. The highest BCUT2D eigenvalue weighted by Gasteiger charge is 2.47. The Morgan fingerprint density at radius 2 is 1.65 bits per heavy atom. The zero-order chi connectivity index (χ0) is 18.9. The molecule has 4 nitrogen and oxygen atoms in total. The number of rotatable bonds is 2. The van der Waals surface area contributed by atoms with Crippen molar-refractivity contribution in [3.8, 4) is 0 Å². The summed E-state index contributed by atoms with van der Waals surface area (Å²) in [6.45, 7) is -0.246. The minimum atomic E-state index is -4.54. The largest absolute Gasteiger partial charge is 0.417 e. The minimum absolute atomic E-state index is 0.0178. The summed E-state index contributed by atoms with van der Waals surface area (Å²) in [6.07, 6.45) is -7.03. The topological polar surface area (TPSA) is 32.3 Å². The highest BCUT2D eigenvalue weighted by molar-refractivity contribution is 5.47. The Balaban J connectivity index is 1.83. The molecule has 3 rings (SSSR count). The van der Waals surface area contributed by atoms with Gasteiger partial charge in [0.25, 0.3) is 0 Å². The molecule has 1 aliphatic rings. The lowest BCUT2D eigenvalue weighted by Crippen LogP contribution is -2.59. The van der Waals surface area contributed by atoms with Crippen molar-refractivity contribution in [2.45, 2.75) is 18.4 Å². The maximum absolute atomic E-state index is 13.5. The summed E-state index contributed by atoms with van der Waals surface area (Å²) in [5, 5.41) is 0. The smallest absolute Gasteiger partial charge is 0.352 e. The third kappa shape index (κ3) is 3.83. The van der Waals surface area contributed by atoms with Gasteiger partial charge in [-0.2, -0.15) is 26.3 Å². The summed E-state index contributed by atoms with van der Waals surface area (Å²) >= 11 is 0. The van der Waals surface area contributed by atoms with Gasteiger partial charge < -0.3 is 9.80 Å². The normalized spacial score (nSPS) is 18.9. The molecular weight excluding hydrogens is 362 g/mol. The van der Waals surface area contributed by atoms with Crippen LogP contribution in [0.1, 0.15) is 5.56 Å². The van der Waals surface area contributed by atoms with Crippen molar-refractivity contribution >= 4 is 11.6 Å². The van der Waals surface area contributed by atoms with Gasteiger partial charge in [0.05, 0.1) is 5.56 Å². The fraction of sp³-hybridized carbons (Fsp3) is 0.375. The molecule has 140 valence electrons. The first-order chi connectivity index (χ1) is 12.2. The van der Waals surface area contributed by atoms with Crippen LogP contribution in [-0.4, -0.2) is 41.8 Å². The highest BCUT2D eigenvalue weighted by Crippen LogP contribution is 2.33. The quantitative estimate of drug-likeness (QED) is 0.748. The summed E-state index contributed by atoms with van der Waals surface area (Å²) in [5.74, 6) is 0.280. The van der Waals surface area contributed by atoms with Crippen molar-refractivity contribution in [2.75, 3.05) is 29.4 Å². The second kappa shape index (κ2) is 6.65. The molecule has 1 atom stereocenters. The Bertz CT molecular complexity index is 729. The molecule has 0 radical (unpaired) electrons. The maximum Gasteiger partial charge on any atom is 0.417 e. The number of alkyl halides is 6. The second-order valence-electron chi connectivity index (χ2n) is 5.79. The van der Waals surface area contributed by atoms with Gasteiger partial charge in [-0.1, -0.05) is 6.07 Å². The molecule has 0 N–H and O–H groups in total. The van der Waals surface area contributed by atoms with Crippen molar-refractivity contribution in [1.82, 2.24) is 9.97 Å². The summed E-state index contributed by atoms with van der Waals surface area (Å²) in [7, 11) is 0. The first-order valence-electron chi connectivity index (χ1n) is 7.69. The molecule has 10 heteroatoms. The predicted molar refractivity (Wildman–Crippen MR) is 82.9 cm³/mol. The number of piperazine rings is 1. The average molecular weight is 376 g/mol. The van der Waals surface area contributed by atoms with E-state index in [9.17, 15) is 26.3 Å². The van der Waals surface area contributed by atoms with E-state index in [1.54, 1.807) is 12.1 Å². The van der Waals surface area contributed by atoms with Crippen molar-refractivity contribution in [3.63, 3.8) is 0 Å². The van der Waals surface area contributed by atoms with Crippen LogP contribution in [0.4, 0.5) is 38.0 Å². The molecule has 0 aliphatic carbocycles. The first kappa shape index (κ1) is 18.3. The standard InChI is InChI=1S/C16H14F6N4/c17-15(18,19)11-4-5-13(24-9-11)25-7-8-26(12(10-25)16(20,21)22)14-3-1-2-6-23-14/h1-6,9,12H,7-8,10H2. The van der Waals surface area contributed by atoms with Gasteiger partial charge in [0.2, 0.25) is 0 Å². The molecule has 0 spiro atoms. The zero-order valence-electron chi connectivity index (χ0n) is 13.3. The molecule has 2 aromatic heterocycles. The number of nitrogens with zero attached hydrogens (tertiary/aromatic N) is 4. The Morgan fingerprint density at radius 1 is 0.885 bits per heavy atom. The lowest BCUT2D eigenvalue weighted by atomic mass is 10.1. The van der Waals surface area contributed by atoms with Crippen molar-refractivity contribution in [1.29, 1.82) is 0 Å². The Hall–Kier alpha value is -2.52. The van der Waals surface area contributed by atoms with Gasteiger partial charge >= 0.3 is 12.4 Å². The second-order valence-corrected chi connectivity index (χ2v) is 5.79. The number of pyridine rings is 2. The van der Waals surface area contributed by atoms with Crippen molar-refractivity contribution in [2.24, 2.45) is 0 Å². The van der Waals surface area contributed by atoms with Crippen molar-refractivity contribution in [3.05, 3.63) is 48.3 Å². The van der Waals surface area contributed by atoms with E-state index in [0.29, 0.717) is 6.20 Å². The molecule has 26 heavy (non-hydrogen) atoms. The molecule has 3 heterocycles. The number of anilines is 2. The van der Waals surface area contributed by atoms with Crippen LogP contribution in [-0.2, 0) is 6.18 Å². The van der Waals surface area contributed by atoms with Gasteiger partial charge in [-0.3, -0.25) is 0 Å². The van der Waals surface area contributed by atoms with Crippen LogP contribution in [0, 0.1) is 0 Å². The first-order valence-corrected chi connectivity index (χ1v) is 7.69. The molecule has 0 aromatic carbocycles. The van der Waals surface area contributed by atoms with Crippen LogP contribution in [0.25, 0.3) is 0 Å². The molecule has 1 aliphatic heterocycles. The van der Waals surface area contributed by atoms with Crippen LogP contribution >= 0.6 is 0 Å².